The molecule has 1 aliphatic heterocycles. The minimum Gasteiger partial charge on any atom is -0.314 e. The molecule has 0 aromatic heterocycles. The Kier molecular flexibility index (Phi) is 6.37. The first-order valence-corrected chi connectivity index (χ1v) is 7.20. The molecule has 0 spiro atoms. The maximum absolute atomic E-state index is 3.58. The monoisotopic (exact) mass is 226 g/mol. The van der Waals surface area contributed by atoms with Crippen molar-refractivity contribution in [3.05, 3.63) is 0 Å². The Morgan fingerprint density at radius 1 is 1.25 bits per heavy atom. The van der Waals surface area contributed by atoms with Crippen LogP contribution in [0.15, 0.2) is 0 Å². The highest BCUT2D eigenvalue weighted by molar-refractivity contribution is 4.83. The summed E-state index contributed by atoms with van der Waals surface area (Å²) in [5.74, 6) is 0.856. The normalized spacial score (nSPS) is 24.9. The van der Waals surface area contributed by atoms with E-state index in [4.69, 9.17) is 0 Å². The summed E-state index contributed by atoms with van der Waals surface area (Å²) in [6.45, 7) is 12.9. The maximum Gasteiger partial charge on any atom is 0.00901 e. The Bertz CT molecular complexity index is 178. The van der Waals surface area contributed by atoms with Crippen LogP contribution < -0.4 is 5.32 Å². The highest BCUT2D eigenvalue weighted by atomic mass is 15.2. The molecule has 1 saturated heterocycles. The second-order valence-corrected chi connectivity index (χ2v) is 5.21. The van der Waals surface area contributed by atoms with Crippen molar-refractivity contribution in [1.29, 1.82) is 0 Å². The second kappa shape index (κ2) is 7.29. The molecule has 2 atom stereocenters. The molecule has 1 aliphatic rings. The van der Waals surface area contributed by atoms with Crippen molar-refractivity contribution < 1.29 is 0 Å². The van der Waals surface area contributed by atoms with E-state index in [1.165, 1.54) is 38.8 Å². The predicted octanol–water partition coefficient (Wildman–Crippen LogP) is 2.89. The fraction of sp³-hybridized carbons (Fsp3) is 1.00. The lowest BCUT2D eigenvalue weighted by atomic mass is 9.90. The van der Waals surface area contributed by atoms with E-state index in [2.05, 4.69) is 37.9 Å². The molecule has 16 heavy (non-hydrogen) atoms. The van der Waals surface area contributed by atoms with Crippen LogP contribution in [-0.4, -0.2) is 36.6 Å². The SMILES string of the molecule is CCNC(C)C1CCCN(C(CC)CC)C1. The third-order valence-electron chi connectivity index (χ3n) is 4.18. The molecule has 0 bridgehead atoms. The summed E-state index contributed by atoms with van der Waals surface area (Å²) in [7, 11) is 0. The van der Waals surface area contributed by atoms with Crippen LogP contribution >= 0.6 is 0 Å². The van der Waals surface area contributed by atoms with Gasteiger partial charge in [-0.15, -0.1) is 0 Å². The molecule has 0 amide bonds. The van der Waals surface area contributed by atoms with Gasteiger partial charge in [-0.3, -0.25) is 0 Å². The van der Waals surface area contributed by atoms with Gasteiger partial charge in [0.25, 0.3) is 0 Å². The van der Waals surface area contributed by atoms with Crippen LogP contribution in [0.2, 0.25) is 0 Å². The maximum atomic E-state index is 3.58. The summed E-state index contributed by atoms with van der Waals surface area (Å²) < 4.78 is 0. The fourth-order valence-corrected chi connectivity index (χ4v) is 3.07. The van der Waals surface area contributed by atoms with E-state index in [9.17, 15) is 0 Å². The summed E-state index contributed by atoms with van der Waals surface area (Å²) in [5.41, 5.74) is 0. The van der Waals surface area contributed by atoms with Crippen molar-refractivity contribution in [2.24, 2.45) is 5.92 Å². The van der Waals surface area contributed by atoms with Crippen molar-refractivity contribution in [2.75, 3.05) is 19.6 Å². The average molecular weight is 226 g/mol. The Hall–Kier alpha value is -0.0800. The molecule has 96 valence electrons. The lowest BCUT2D eigenvalue weighted by Crippen LogP contribution is -2.47. The van der Waals surface area contributed by atoms with E-state index >= 15 is 0 Å². The quantitative estimate of drug-likeness (QED) is 0.749. The van der Waals surface area contributed by atoms with Crippen LogP contribution in [0, 0.1) is 5.92 Å². The Balaban J connectivity index is 2.45. The largest absolute Gasteiger partial charge is 0.314 e. The van der Waals surface area contributed by atoms with Gasteiger partial charge in [0.1, 0.15) is 0 Å². The number of rotatable bonds is 6. The summed E-state index contributed by atoms with van der Waals surface area (Å²) >= 11 is 0. The summed E-state index contributed by atoms with van der Waals surface area (Å²) in [4.78, 5) is 2.72. The molecular weight excluding hydrogens is 196 g/mol. The van der Waals surface area contributed by atoms with Gasteiger partial charge in [0, 0.05) is 18.6 Å². The van der Waals surface area contributed by atoms with Crippen molar-refractivity contribution in [3.63, 3.8) is 0 Å². The van der Waals surface area contributed by atoms with E-state index in [1.807, 2.05) is 0 Å². The van der Waals surface area contributed by atoms with Gasteiger partial charge < -0.3 is 10.2 Å². The highest BCUT2D eigenvalue weighted by Crippen LogP contribution is 2.23. The number of likely N-dealkylation sites (tertiary alicyclic amines) is 1. The number of hydrogen-bond donors (Lipinski definition) is 1. The molecule has 1 fully saturated rings. The highest BCUT2D eigenvalue weighted by Gasteiger charge is 2.26. The van der Waals surface area contributed by atoms with Crippen LogP contribution in [0.3, 0.4) is 0 Å². The second-order valence-electron chi connectivity index (χ2n) is 5.21. The molecule has 1 heterocycles. The summed E-state index contributed by atoms with van der Waals surface area (Å²) in [5, 5.41) is 3.58. The average Bonchev–Trinajstić information content (AvgIpc) is 2.31. The molecule has 1 N–H and O–H groups in total. The lowest BCUT2D eigenvalue weighted by Gasteiger charge is -2.40. The first kappa shape index (κ1) is 14.0. The molecular formula is C14H30N2. The van der Waals surface area contributed by atoms with Gasteiger partial charge >= 0.3 is 0 Å². The van der Waals surface area contributed by atoms with Gasteiger partial charge in [0.2, 0.25) is 0 Å². The van der Waals surface area contributed by atoms with Crippen molar-refractivity contribution in [2.45, 2.75) is 65.5 Å². The van der Waals surface area contributed by atoms with Gasteiger partial charge in [-0.1, -0.05) is 20.8 Å². The molecule has 0 radical (unpaired) electrons. The fourth-order valence-electron chi connectivity index (χ4n) is 3.07. The van der Waals surface area contributed by atoms with E-state index in [1.54, 1.807) is 0 Å². The van der Waals surface area contributed by atoms with Crippen molar-refractivity contribution >= 4 is 0 Å². The Labute approximate surface area is 102 Å². The van der Waals surface area contributed by atoms with Crippen LogP contribution in [-0.2, 0) is 0 Å². The van der Waals surface area contributed by atoms with Gasteiger partial charge in [0.05, 0.1) is 0 Å². The van der Waals surface area contributed by atoms with Gasteiger partial charge in [-0.2, -0.15) is 0 Å². The number of nitrogens with one attached hydrogen (secondary N) is 1. The first-order valence-electron chi connectivity index (χ1n) is 7.20. The van der Waals surface area contributed by atoms with Gasteiger partial charge in [-0.05, 0) is 51.6 Å². The number of hydrogen-bond acceptors (Lipinski definition) is 2. The molecule has 2 unspecified atom stereocenters. The summed E-state index contributed by atoms with van der Waals surface area (Å²) in [6, 6.07) is 1.50. The minimum absolute atomic E-state index is 0.683. The van der Waals surface area contributed by atoms with Crippen LogP contribution in [0.25, 0.3) is 0 Å². The summed E-state index contributed by atoms with van der Waals surface area (Å²) in [6.07, 6.45) is 5.40. The molecule has 2 heteroatoms. The standard InChI is InChI=1S/C14H30N2/c1-5-14(6-2)16-10-8-9-13(11-16)12(4)15-7-3/h12-15H,5-11H2,1-4H3. The van der Waals surface area contributed by atoms with Gasteiger partial charge in [-0.25, -0.2) is 0 Å². The third kappa shape index (κ3) is 3.74. The smallest absolute Gasteiger partial charge is 0.00901 e. The van der Waals surface area contributed by atoms with Gasteiger partial charge in [0.15, 0.2) is 0 Å². The molecule has 0 aliphatic carbocycles. The first-order chi connectivity index (χ1) is 7.72. The molecule has 0 aromatic rings. The zero-order valence-electron chi connectivity index (χ0n) is 11.6. The number of nitrogens with zero attached hydrogens (tertiary/aromatic N) is 1. The Morgan fingerprint density at radius 3 is 2.50 bits per heavy atom. The number of piperidine rings is 1. The molecule has 1 rings (SSSR count). The van der Waals surface area contributed by atoms with Crippen LogP contribution in [0.4, 0.5) is 0 Å². The van der Waals surface area contributed by atoms with E-state index in [0.717, 1.165) is 18.5 Å². The zero-order chi connectivity index (χ0) is 12.0. The van der Waals surface area contributed by atoms with Crippen molar-refractivity contribution in [1.82, 2.24) is 10.2 Å². The topological polar surface area (TPSA) is 15.3 Å². The van der Waals surface area contributed by atoms with E-state index in [-0.39, 0.29) is 0 Å². The molecule has 0 aromatic carbocycles. The van der Waals surface area contributed by atoms with Crippen molar-refractivity contribution in [3.8, 4) is 0 Å². The van der Waals surface area contributed by atoms with Crippen LogP contribution in [0.1, 0.15) is 53.4 Å². The minimum atomic E-state index is 0.683. The molecule has 2 nitrogen and oxygen atoms in total. The Morgan fingerprint density at radius 2 is 1.94 bits per heavy atom. The zero-order valence-corrected chi connectivity index (χ0v) is 11.6. The van der Waals surface area contributed by atoms with E-state index < -0.39 is 0 Å². The lowest BCUT2D eigenvalue weighted by molar-refractivity contribution is 0.102. The molecule has 0 saturated carbocycles. The third-order valence-corrected chi connectivity index (χ3v) is 4.18. The predicted molar refractivity (Wildman–Crippen MR) is 71.8 cm³/mol. The van der Waals surface area contributed by atoms with E-state index in [0.29, 0.717) is 6.04 Å². The van der Waals surface area contributed by atoms with Crippen LogP contribution in [0.5, 0.6) is 0 Å².